The lowest BCUT2D eigenvalue weighted by Crippen LogP contribution is -2.13. The van der Waals surface area contributed by atoms with Gasteiger partial charge in [-0.1, -0.05) is 18.2 Å². The van der Waals surface area contributed by atoms with E-state index in [2.05, 4.69) is 4.85 Å². The fourth-order valence-electron chi connectivity index (χ4n) is 2.93. The molecule has 1 aromatic heterocycles. The van der Waals surface area contributed by atoms with Crippen LogP contribution < -0.4 is 11.5 Å². The van der Waals surface area contributed by atoms with E-state index in [1.165, 1.54) is 0 Å². The summed E-state index contributed by atoms with van der Waals surface area (Å²) in [5.41, 5.74) is 16.6. The number of aryl methyl sites for hydroxylation is 1. The molecule has 0 unspecified atom stereocenters. The average molecular weight is 318 g/mol. The predicted molar refractivity (Wildman–Crippen MR) is 96.6 cm³/mol. The van der Waals surface area contributed by atoms with Crippen molar-refractivity contribution in [2.75, 3.05) is 5.73 Å². The van der Waals surface area contributed by atoms with Gasteiger partial charge in [0, 0.05) is 35.9 Å². The zero-order valence-electron chi connectivity index (χ0n) is 13.4. The summed E-state index contributed by atoms with van der Waals surface area (Å²) in [6, 6.07) is 11.4. The molecule has 0 radical (unpaired) electrons. The number of carbonyl (C=O) groups is 1. The van der Waals surface area contributed by atoms with Gasteiger partial charge in [0.2, 0.25) is 5.91 Å². The smallest absolute Gasteiger partial charge is 0.219 e. The van der Waals surface area contributed by atoms with Crippen LogP contribution in [0.5, 0.6) is 0 Å². The van der Waals surface area contributed by atoms with Crippen LogP contribution in [0.1, 0.15) is 12.0 Å². The largest absolute Gasteiger partial charge is 0.398 e. The quantitative estimate of drug-likeness (QED) is 0.569. The molecule has 120 valence electrons. The molecular formula is C19H18N4O. The first-order chi connectivity index (χ1) is 11.5. The average Bonchev–Trinajstić information content (AvgIpc) is 2.93. The Kier molecular flexibility index (Phi) is 3.97. The van der Waals surface area contributed by atoms with Gasteiger partial charge in [-0.15, -0.1) is 0 Å². The molecule has 0 saturated heterocycles. The first-order valence-electron chi connectivity index (χ1n) is 7.65. The van der Waals surface area contributed by atoms with Crippen LogP contribution in [0.3, 0.4) is 0 Å². The highest BCUT2D eigenvalue weighted by atomic mass is 16.1. The maximum atomic E-state index is 11.1. The standard InChI is InChI=1S/C19H18N4O/c1-12-14(4-3-5-17(12)20)16-11-23(9-8-19(21)24)18-7-6-13(22-2)10-15(16)18/h3-7,10-11H,8-9,20H2,1H3,(H2,21,24). The maximum absolute atomic E-state index is 11.1. The Morgan fingerprint density at radius 3 is 2.75 bits per heavy atom. The molecule has 0 aliphatic rings. The van der Waals surface area contributed by atoms with Crippen LogP contribution in [-0.4, -0.2) is 10.5 Å². The summed E-state index contributed by atoms with van der Waals surface area (Å²) in [6.07, 6.45) is 2.27. The molecule has 5 nitrogen and oxygen atoms in total. The van der Waals surface area contributed by atoms with Gasteiger partial charge in [-0.2, -0.15) is 0 Å². The van der Waals surface area contributed by atoms with Crippen LogP contribution in [0.25, 0.3) is 26.9 Å². The Labute approximate surface area is 140 Å². The van der Waals surface area contributed by atoms with Crippen molar-refractivity contribution < 1.29 is 4.79 Å². The van der Waals surface area contributed by atoms with Crippen molar-refractivity contribution in [1.29, 1.82) is 0 Å². The summed E-state index contributed by atoms with van der Waals surface area (Å²) in [6.45, 7) is 9.74. The molecule has 5 heteroatoms. The molecule has 2 aromatic carbocycles. The number of nitrogens with zero attached hydrogens (tertiary/aromatic N) is 2. The highest BCUT2D eigenvalue weighted by Crippen LogP contribution is 2.36. The molecule has 0 aliphatic carbocycles. The Morgan fingerprint density at radius 1 is 1.25 bits per heavy atom. The number of amides is 1. The molecule has 0 fully saturated rings. The van der Waals surface area contributed by atoms with Gasteiger partial charge in [0.15, 0.2) is 5.69 Å². The highest BCUT2D eigenvalue weighted by Gasteiger charge is 2.14. The number of aromatic nitrogens is 1. The Bertz CT molecular complexity index is 979. The van der Waals surface area contributed by atoms with E-state index in [1.54, 1.807) is 6.07 Å². The minimum atomic E-state index is -0.337. The first kappa shape index (κ1) is 15.6. The molecular weight excluding hydrogens is 300 g/mol. The van der Waals surface area contributed by atoms with Gasteiger partial charge >= 0.3 is 0 Å². The highest BCUT2D eigenvalue weighted by molar-refractivity contribution is 5.99. The number of fused-ring (bicyclic) bond motifs is 1. The van der Waals surface area contributed by atoms with E-state index in [4.69, 9.17) is 18.0 Å². The molecule has 1 amide bonds. The molecule has 24 heavy (non-hydrogen) atoms. The summed E-state index contributed by atoms with van der Waals surface area (Å²) >= 11 is 0. The van der Waals surface area contributed by atoms with Crippen molar-refractivity contribution in [3.8, 4) is 11.1 Å². The van der Waals surface area contributed by atoms with E-state index in [1.807, 2.05) is 48.0 Å². The number of hydrogen-bond donors (Lipinski definition) is 2. The summed E-state index contributed by atoms with van der Waals surface area (Å²) in [7, 11) is 0. The Balaban J connectivity index is 2.24. The third kappa shape index (κ3) is 2.70. The van der Waals surface area contributed by atoms with E-state index in [-0.39, 0.29) is 12.3 Å². The summed E-state index contributed by atoms with van der Waals surface area (Å²) in [5.74, 6) is -0.337. The molecule has 3 rings (SSSR count). The van der Waals surface area contributed by atoms with Crippen molar-refractivity contribution in [3.63, 3.8) is 0 Å². The molecule has 1 heterocycles. The number of nitrogen functional groups attached to an aromatic ring is 1. The maximum Gasteiger partial charge on any atom is 0.219 e. The van der Waals surface area contributed by atoms with E-state index in [0.717, 1.165) is 33.3 Å². The minimum absolute atomic E-state index is 0.268. The van der Waals surface area contributed by atoms with Crippen LogP contribution in [-0.2, 0) is 11.3 Å². The number of rotatable bonds is 4. The Morgan fingerprint density at radius 2 is 2.04 bits per heavy atom. The van der Waals surface area contributed by atoms with Crippen molar-refractivity contribution in [2.45, 2.75) is 19.9 Å². The van der Waals surface area contributed by atoms with Crippen molar-refractivity contribution >= 4 is 28.2 Å². The van der Waals surface area contributed by atoms with E-state index in [0.29, 0.717) is 12.2 Å². The molecule has 0 spiro atoms. The normalized spacial score (nSPS) is 10.7. The SMILES string of the molecule is [C-]#[N+]c1ccc2c(c1)c(-c1cccc(N)c1C)cn2CCC(N)=O. The molecule has 3 aromatic rings. The Hall–Kier alpha value is -3.26. The third-order valence-electron chi connectivity index (χ3n) is 4.26. The summed E-state index contributed by atoms with van der Waals surface area (Å²) < 4.78 is 2.01. The van der Waals surface area contributed by atoms with Crippen molar-refractivity contribution in [1.82, 2.24) is 4.57 Å². The van der Waals surface area contributed by atoms with E-state index in [9.17, 15) is 4.79 Å². The van der Waals surface area contributed by atoms with E-state index >= 15 is 0 Å². The van der Waals surface area contributed by atoms with Crippen LogP contribution >= 0.6 is 0 Å². The first-order valence-corrected chi connectivity index (χ1v) is 7.65. The second-order valence-electron chi connectivity index (χ2n) is 5.79. The zero-order valence-corrected chi connectivity index (χ0v) is 13.4. The fourth-order valence-corrected chi connectivity index (χ4v) is 2.93. The predicted octanol–water partition coefficient (Wildman–Crippen LogP) is 3.63. The molecule has 0 aliphatic heterocycles. The monoisotopic (exact) mass is 318 g/mol. The van der Waals surface area contributed by atoms with E-state index < -0.39 is 0 Å². The van der Waals surface area contributed by atoms with Gasteiger partial charge in [-0.05, 0) is 41.6 Å². The summed E-state index contributed by atoms with van der Waals surface area (Å²) in [5, 5.41) is 0.974. The van der Waals surface area contributed by atoms with Gasteiger partial charge in [-0.25, -0.2) is 4.85 Å². The molecule has 0 atom stereocenters. The minimum Gasteiger partial charge on any atom is -0.398 e. The number of nitrogens with two attached hydrogens (primary N) is 2. The van der Waals surface area contributed by atoms with Gasteiger partial charge in [0.05, 0.1) is 6.57 Å². The van der Waals surface area contributed by atoms with Crippen LogP contribution in [0.4, 0.5) is 11.4 Å². The second kappa shape index (κ2) is 6.09. The number of hydrogen-bond acceptors (Lipinski definition) is 2. The van der Waals surface area contributed by atoms with Crippen LogP contribution in [0.2, 0.25) is 0 Å². The lowest BCUT2D eigenvalue weighted by Gasteiger charge is -2.07. The number of primary amides is 1. The fraction of sp³-hybridized carbons (Fsp3) is 0.158. The topological polar surface area (TPSA) is 78.4 Å². The lowest BCUT2D eigenvalue weighted by molar-refractivity contribution is -0.118. The number of anilines is 1. The number of carbonyl (C=O) groups excluding carboxylic acids is 1. The van der Waals surface area contributed by atoms with Gasteiger partial charge in [0.25, 0.3) is 0 Å². The molecule has 0 bridgehead atoms. The van der Waals surface area contributed by atoms with Gasteiger partial charge < -0.3 is 16.0 Å². The molecule has 4 N–H and O–H groups in total. The third-order valence-corrected chi connectivity index (χ3v) is 4.26. The van der Waals surface area contributed by atoms with Crippen molar-refractivity contribution in [2.24, 2.45) is 5.73 Å². The van der Waals surface area contributed by atoms with Crippen LogP contribution in [0, 0.1) is 13.5 Å². The van der Waals surface area contributed by atoms with Crippen LogP contribution in [0.15, 0.2) is 42.6 Å². The molecule has 0 saturated carbocycles. The lowest BCUT2D eigenvalue weighted by atomic mass is 9.99. The summed E-state index contributed by atoms with van der Waals surface area (Å²) in [4.78, 5) is 14.7. The number of benzene rings is 2. The van der Waals surface area contributed by atoms with Gasteiger partial charge in [-0.3, -0.25) is 4.79 Å². The van der Waals surface area contributed by atoms with Gasteiger partial charge in [0.1, 0.15) is 0 Å². The zero-order chi connectivity index (χ0) is 17.3. The van der Waals surface area contributed by atoms with Crippen molar-refractivity contribution in [3.05, 3.63) is 59.6 Å². The second-order valence-corrected chi connectivity index (χ2v) is 5.79.